The highest BCUT2D eigenvalue weighted by atomic mass is 19.4. The van der Waals surface area contributed by atoms with Crippen LogP contribution in [0, 0.1) is 0 Å². The molecule has 6 nitrogen and oxygen atoms in total. The van der Waals surface area contributed by atoms with E-state index in [4.69, 9.17) is 14.2 Å². The smallest absolute Gasteiger partial charge is 0.417 e. The van der Waals surface area contributed by atoms with Crippen molar-refractivity contribution in [1.29, 1.82) is 0 Å². The van der Waals surface area contributed by atoms with Gasteiger partial charge in [0.15, 0.2) is 11.5 Å². The van der Waals surface area contributed by atoms with Gasteiger partial charge < -0.3 is 19.5 Å². The molecular formula is C32H28F3NO5. The summed E-state index contributed by atoms with van der Waals surface area (Å²) < 4.78 is 57.3. The minimum atomic E-state index is -4.74. The Hall–Kier alpha value is -4.79. The first-order chi connectivity index (χ1) is 19.7. The van der Waals surface area contributed by atoms with Crippen molar-refractivity contribution >= 4 is 11.9 Å². The molecule has 0 saturated carbocycles. The molecule has 0 heterocycles. The molecule has 4 rings (SSSR count). The third kappa shape index (κ3) is 8.11. The number of halogens is 3. The predicted octanol–water partition coefficient (Wildman–Crippen LogP) is 6.38. The molecule has 0 aliphatic rings. The minimum Gasteiger partial charge on any atom is -0.485 e. The third-order valence-electron chi connectivity index (χ3n) is 6.19. The molecule has 4 aromatic carbocycles. The van der Waals surface area contributed by atoms with E-state index in [1.807, 2.05) is 60.7 Å². The average molecular weight is 564 g/mol. The van der Waals surface area contributed by atoms with Crippen molar-refractivity contribution < 1.29 is 37.0 Å². The maximum Gasteiger partial charge on any atom is 0.417 e. The highest BCUT2D eigenvalue weighted by Gasteiger charge is 2.35. The van der Waals surface area contributed by atoms with E-state index in [-0.39, 0.29) is 13.0 Å². The fraction of sp³-hybridized carbons (Fsp3) is 0.188. The van der Waals surface area contributed by atoms with Gasteiger partial charge in [-0.15, -0.1) is 0 Å². The van der Waals surface area contributed by atoms with Gasteiger partial charge in [-0.1, -0.05) is 78.9 Å². The van der Waals surface area contributed by atoms with Gasteiger partial charge in [0.05, 0.1) is 18.2 Å². The number of rotatable bonds is 11. The Morgan fingerprint density at radius 1 is 0.732 bits per heavy atom. The lowest BCUT2D eigenvalue weighted by atomic mass is 10.0. The average Bonchev–Trinajstić information content (AvgIpc) is 2.99. The summed E-state index contributed by atoms with van der Waals surface area (Å²) in [6.45, 7) is 0.540. The second kappa shape index (κ2) is 13.5. The van der Waals surface area contributed by atoms with Gasteiger partial charge in [0.1, 0.15) is 19.3 Å². The lowest BCUT2D eigenvalue weighted by Crippen LogP contribution is -2.43. The summed E-state index contributed by atoms with van der Waals surface area (Å²) in [5.74, 6) is -0.985. The second-order valence-electron chi connectivity index (χ2n) is 9.13. The number of esters is 1. The number of benzene rings is 4. The Morgan fingerprint density at radius 2 is 1.29 bits per heavy atom. The Balaban J connectivity index is 1.56. The van der Waals surface area contributed by atoms with Crippen LogP contribution < -0.4 is 14.8 Å². The fourth-order valence-corrected chi connectivity index (χ4v) is 4.12. The maximum atomic E-state index is 13.5. The molecule has 0 aromatic heterocycles. The lowest BCUT2D eigenvalue weighted by molar-refractivity contribution is -0.142. The number of hydrogen-bond acceptors (Lipinski definition) is 5. The highest BCUT2D eigenvalue weighted by molar-refractivity contribution is 5.98. The van der Waals surface area contributed by atoms with Crippen molar-refractivity contribution in [3.8, 4) is 11.5 Å². The zero-order valence-corrected chi connectivity index (χ0v) is 22.2. The highest BCUT2D eigenvalue weighted by Crippen LogP contribution is 2.33. The van der Waals surface area contributed by atoms with Crippen molar-refractivity contribution in [3.05, 3.63) is 131 Å². The van der Waals surface area contributed by atoms with Crippen LogP contribution in [0.4, 0.5) is 13.2 Å². The standard InChI is InChI=1S/C32H28F3NO5/c1-39-31(38)27(36-30(37)25-14-8-9-15-26(25)32(33,34)35)18-24-16-17-28(40-20-22-10-4-2-5-11-22)29(19-24)41-21-23-12-6-3-7-13-23/h2-17,19,27H,18,20-21H2,1H3,(H,36,37)/t27-/m1/s1. The molecule has 212 valence electrons. The molecule has 0 bridgehead atoms. The summed E-state index contributed by atoms with van der Waals surface area (Å²) >= 11 is 0. The van der Waals surface area contributed by atoms with Crippen LogP contribution in [0.25, 0.3) is 0 Å². The van der Waals surface area contributed by atoms with Crippen LogP contribution in [-0.2, 0) is 35.3 Å². The van der Waals surface area contributed by atoms with E-state index in [1.54, 1.807) is 18.2 Å². The Kier molecular flexibility index (Phi) is 9.63. The topological polar surface area (TPSA) is 73.9 Å². The summed E-state index contributed by atoms with van der Waals surface area (Å²) in [5.41, 5.74) is 0.760. The Bertz CT molecular complexity index is 1460. The number of carbonyl (C=O) groups excluding carboxylic acids is 2. The largest absolute Gasteiger partial charge is 0.485 e. The van der Waals surface area contributed by atoms with Crippen molar-refractivity contribution in [3.63, 3.8) is 0 Å². The first-order valence-corrected chi connectivity index (χ1v) is 12.8. The molecule has 0 unspecified atom stereocenters. The number of ether oxygens (including phenoxy) is 3. The molecular weight excluding hydrogens is 535 g/mol. The molecule has 1 atom stereocenters. The van der Waals surface area contributed by atoms with Gasteiger partial charge >= 0.3 is 12.1 Å². The van der Waals surface area contributed by atoms with Crippen LogP contribution >= 0.6 is 0 Å². The first kappa shape index (κ1) is 29.2. The summed E-state index contributed by atoms with van der Waals surface area (Å²) in [7, 11) is 1.14. The monoisotopic (exact) mass is 563 g/mol. The van der Waals surface area contributed by atoms with Crippen LogP contribution in [-0.4, -0.2) is 25.0 Å². The van der Waals surface area contributed by atoms with Gasteiger partial charge in [0.2, 0.25) is 0 Å². The lowest BCUT2D eigenvalue weighted by Gasteiger charge is -2.20. The van der Waals surface area contributed by atoms with E-state index in [0.717, 1.165) is 30.4 Å². The normalized spacial score (nSPS) is 11.8. The van der Waals surface area contributed by atoms with Crippen LogP contribution in [0.3, 0.4) is 0 Å². The first-order valence-electron chi connectivity index (χ1n) is 12.8. The molecule has 9 heteroatoms. The van der Waals surface area contributed by atoms with Crippen LogP contribution in [0.2, 0.25) is 0 Å². The number of alkyl halides is 3. The third-order valence-corrected chi connectivity index (χ3v) is 6.19. The minimum absolute atomic E-state index is 0.0622. The summed E-state index contributed by atoms with van der Waals surface area (Å²) in [6.07, 6.45) is -4.80. The summed E-state index contributed by atoms with van der Waals surface area (Å²) in [5, 5.41) is 2.40. The van der Waals surface area contributed by atoms with E-state index in [1.165, 1.54) is 12.1 Å². The van der Waals surface area contributed by atoms with E-state index in [9.17, 15) is 22.8 Å². The zero-order chi connectivity index (χ0) is 29.2. The van der Waals surface area contributed by atoms with Crippen molar-refractivity contribution in [2.75, 3.05) is 7.11 Å². The quantitative estimate of drug-likeness (QED) is 0.215. The van der Waals surface area contributed by atoms with Crippen molar-refractivity contribution in [2.24, 2.45) is 0 Å². The van der Waals surface area contributed by atoms with Crippen LogP contribution in [0.5, 0.6) is 11.5 Å². The van der Waals surface area contributed by atoms with E-state index in [2.05, 4.69) is 5.32 Å². The van der Waals surface area contributed by atoms with Gasteiger partial charge in [-0.3, -0.25) is 4.79 Å². The Labute approximate surface area is 235 Å². The van der Waals surface area contributed by atoms with E-state index >= 15 is 0 Å². The van der Waals surface area contributed by atoms with Crippen molar-refractivity contribution in [1.82, 2.24) is 5.32 Å². The predicted molar refractivity (Wildman–Crippen MR) is 146 cm³/mol. The molecule has 0 saturated heterocycles. The molecule has 0 aliphatic heterocycles. The molecule has 41 heavy (non-hydrogen) atoms. The van der Waals surface area contributed by atoms with Gasteiger partial charge in [-0.25, -0.2) is 4.79 Å². The van der Waals surface area contributed by atoms with Gasteiger partial charge in [0, 0.05) is 6.42 Å². The molecule has 0 radical (unpaired) electrons. The number of amides is 1. The van der Waals surface area contributed by atoms with Gasteiger partial charge in [-0.2, -0.15) is 13.2 Å². The van der Waals surface area contributed by atoms with Crippen LogP contribution in [0.15, 0.2) is 103 Å². The second-order valence-corrected chi connectivity index (χ2v) is 9.13. The number of carbonyl (C=O) groups is 2. The summed E-state index contributed by atoms with van der Waals surface area (Å²) in [6, 6.07) is 27.3. The molecule has 1 amide bonds. The SMILES string of the molecule is COC(=O)[C@@H](Cc1ccc(OCc2ccccc2)c(OCc2ccccc2)c1)NC(=O)c1ccccc1C(F)(F)F. The molecule has 4 aromatic rings. The van der Waals surface area contributed by atoms with E-state index in [0.29, 0.717) is 23.7 Å². The molecule has 0 spiro atoms. The fourth-order valence-electron chi connectivity index (χ4n) is 4.12. The number of nitrogens with one attached hydrogen (secondary N) is 1. The van der Waals surface area contributed by atoms with Crippen molar-refractivity contribution in [2.45, 2.75) is 31.9 Å². The molecule has 0 fully saturated rings. The Morgan fingerprint density at radius 3 is 1.88 bits per heavy atom. The number of hydrogen-bond donors (Lipinski definition) is 1. The zero-order valence-electron chi connectivity index (χ0n) is 22.2. The maximum absolute atomic E-state index is 13.5. The van der Waals surface area contributed by atoms with Crippen LogP contribution in [0.1, 0.15) is 32.6 Å². The molecule has 0 aliphatic carbocycles. The summed E-state index contributed by atoms with van der Waals surface area (Å²) in [4.78, 5) is 25.4. The molecule has 1 N–H and O–H groups in total. The van der Waals surface area contributed by atoms with Gasteiger partial charge in [0.25, 0.3) is 5.91 Å². The van der Waals surface area contributed by atoms with Gasteiger partial charge in [-0.05, 0) is 41.0 Å². The van der Waals surface area contributed by atoms with E-state index < -0.39 is 35.2 Å². The number of methoxy groups -OCH3 is 1.